The van der Waals surface area contributed by atoms with Crippen LogP contribution < -0.4 is 9.47 Å². The number of ether oxygens (including phenoxy) is 2. The molecule has 6 heteroatoms. The number of likely N-dealkylation sites (tertiary alicyclic amines) is 2. The van der Waals surface area contributed by atoms with Crippen molar-refractivity contribution < 1.29 is 19.1 Å². The third-order valence-corrected chi connectivity index (χ3v) is 6.49. The quantitative estimate of drug-likeness (QED) is 0.803. The SMILES string of the molecule is Cc1cc2c(cc1C(=O)N1CCCC13CCCN(C1CC1)C3=O)OCCO2. The molecule has 1 aromatic rings. The second-order valence-electron chi connectivity index (χ2n) is 8.24. The molecule has 144 valence electrons. The van der Waals surface area contributed by atoms with E-state index in [-0.39, 0.29) is 11.8 Å². The summed E-state index contributed by atoms with van der Waals surface area (Å²) >= 11 is 0. The van der Waals surface area contributed by atoms with E-state index in [0.29, 0.717) is 42.9 Å². The number of carbonyl (C=O) groups is 2. The third kappa shape index (κ3) is 2.60. The lowest BCUT2D eigenvalue weighted by atomic mass is 9.84. The molecule has 0 N–H and O–H groups in total. The first kappa shape index (κ1) is 16.9. The first-order valence-electron chi connectivity index (χ1n) is 10.1. The van der Waals surface area contributed by atoms with Gasteiger partial charge in [0.15, 0.2) is 11.5 Å². The molecule has 6 nitrogen and oxygen atoms in total. The molecule has 5 rings (SSSR count). The summed E-state index contributed by atoms with van der Waals surface area (Å²) in [6, 6.07) is 4.08. The molecule has 2 saturated heterocycles. The molecule has 1 aromatic carbocycles. The molecule has 3 heterocycles. The minimum absolute atomic E-state index is 0.0482. The predicted molar refractivity (Wildman–Crippen MR) is 99.1 cm³/mol. The van der Waals surface area contributed by atoms with Crippen LogP contribution >= 0.6 is 0 Å². The number of rotatable bonds is 2. The second kappa shape index (κ2) is 6.14. The van der Waals surface area contributed by atoms with Crippen molar-refractivity contribution in [1.82, 2.24) is 9.80 Å². The number of amides is 2. The average Bonchev–Trinajstić information content (AvgIpc) is 3.43. The highest BCUT2D eigenvalue weighted by atomic mass is 16.6. The average molecular weight is 370 g/mol. The number of piperidine rings is 1. The fourth-order valence-electron chi connectivity index (χ4n) is 4.98. The molecule has 0 radical (unpaired) electrons. The zero-order valence-electron chi connectivity index (χ0n) is 15.8. The Morgan fingerprint density at radius 2 is 1.74 bits per heavy atom. The molecule has 4 aliphatic rings. The fraction of sp³-hybridized carbons (Fsp3) is 0.619. The zero-order valence-corrected chi connectivity index (χ0v) is 15.8. The van der Waals surface area contributed by atoms with Crippen LogP contribution in [0.2, 0.25) is 0 Å². The smallest absolute Gasteiger partial charge is 0.255 e. The van der Waals surface area contributed by atoms with E-state index >= 15 is 0 Å². The highest BCUT2D eigenvalue weighted by Gasteiger charge is 2.54. The van der Waals surface area contributed by atoms with Crippen molar-refractivity contribution in [3.05, 3.63) is 23.3 Å². The standard InChI is InChI=1S/C21H26N2O4/c1-14-12-17-18(27-11-10-26-17)13-16(14)19(24)23-9-3-7-21(23)6-2-8-22(20(21)25)15-4-5-15/h12-13,15H,2-11H2,1H3. The summed E-state index contributed by atoms with van der Waals surface area (Å²) in [6.45, 7) is 4.44. The Hall–Kier alpha value is -2.24. The Balaban J connectivity index is 1.48. The van der Waals surface area contributed by atoms with Crippen molar-refractivity contribution in [2.75, 3.05) is 26.3 Å². The topological polar surface area (TPSA) is 59.1 Å². The van der Waals surface area contributed by atoms with Gasteiger partial charge in [0.25, 0.3) is 5.91 Å². The highest BCUT2D eigenvalue weighted by Crippen LogP contribution is 2.43. The summed E-state index contributed by atoms with van der Waals surface area (Å²) in [5.74, 6) is 1.45. The summed E-state index contributed by atoms with van der Waals surface area (Å²) in [4.78, 5) is 30.8. The van der Waals surface area contributed by atoms with Crippen LogP contribution in [0.15, 0.2) is 12.1 Å². The normalized spacial score (nSPS) is 27.4. The minimum Gasteiger partial charge on any atom is -0.486 e. The number of benzene rings is 1. The van der Waals surface area contributed by atoms with Gasteiger partial charge in [0, 0.05) is 24.7 Å². The van der Waals surface area contributed by atoms with E-state index in [1.54, 1.807) is 6.07 Å². The largest absolute Gasteiger partial charge is 0.486 e. The first-order chi connectivity index (χ1) is 13.1. The molecule has 0 aromatic heterocycles. The number of nitrogens with zero attached hydrogens (tertiary/aromatic N) is 2. The maximum Gasteiger partial charge on any atom is 0.255 e. The summed E-state index contributed by atoms with van der Waals surface area (Å²) in [5.41, 5.74) is 0.850. The van der Waals surface area contributed by atoms with Gasteiger partial charge >= 0.3 is 0 Å². The molecule has 1 aliphatic carbocycles. The van der Waals surface area contributed by atoms with Crippen LogP contribution in [0.4, 0.5) is 0 Å². The van der Waals surface area contributed by atoms with Gasteiger partial charge in [-0.3, -0.25) is 9.59 Å². The molecule has 1 saturated carbocycles. The summed E-state index contributed by atoms with van der Waals surface area (Å²) in [7, 11) is 0. The zero-order chi connectivity index (χ0) is 18.6. The van der Waals surface area contributed by atoms with Gasteiger partial charge in [-0.15, -0.1) is 0 Å². The lowest BCUT2D eigenvalue weighted by Crippen LogP contribution is -2.61. The van der Waals surface area contributed by atoms with E-state index in [1.165, 1.54) is 0 Å². The van der Waals surface area contributed by atoms with Gasteiger partial charge in [-0.25, -0.2) is 0 Å². The highest BCUT2D eigenvalue weighted by molar-refractivity contribution is 6.01. The van der Waals surface area contributed by atoms with Crippen LogP contribution in [-0.4, -0.2) is 59.5 Å². The van der Waals surface area contributed by atoms with Crippen LogP contribution in [0.3, 0.4) is 0 Å². The van der Waals surface area contributed by atoms with Gasteiger partial charge in [-0.2, -0.15) is 0 Å². The summed E-state index contributed by atoms with van der Waals surface area (Å²) < 4.78 is 11.3. The van der Waals surface area contributed by atoms with Gasteiger partial charge in [-0.05, 0) is 63.1 Å². The van der Waals surface area contributed by atoms with Crippen LogP contribution in [0, 0.1) is 6.92 Å². The number of hydrogen-bond acceptors (Lipinski definition) is 4. The predicted octanol–water partition coefficient (Wildman–Crippen LogP) is 2.53. The molecule has 1 atom stereocenters. The Bertz CT molecular complexity index is 804. The molecule has 0 bridgehead atoms. The molecular formula is C21H26N2O4. The van der Waals surface area contributed by atoms with Crippen LogP contribution in [0.25, 0.3) is 0 Å². The second-order valence-corrected chi connectivity index (χ2v) is 8.24. The Kier molecular flexibility index (Phi) is 3.85. The van der Waals surface area contributed by atoms with E-state index in [0.717, 1.165) is 50.6 Å². The molecule has 3 fully saturated rings. The van der Waals surface area contributed by atoms with E-state index in [2.05, 4.69) is 0 Å². The van der Waals surface area contributed by atoms with Gasteiger partial charge in [0.1, 0.15) is 18.8 Å². The van der Waals surface area contributed by atoms with Crippen molar-refractivity contribution in [1.29, 1.82) is 0 Å². The minimum atomic E-state index is -0.641. The van der Waals surface area contributed by atoms with Crippen molar-refractivity contribution in [3.63, 3.8) is 0 Å². The molecule has 2 amide bonds. The molecule has 1 spiro atoms. The fourth-order valence-corrected chi connectivity index (χ4v) is 4.98. The third-order valence-electron chi connectivity index (χ3n) is 6.49. The van der Waals surface area contributed by atoms with Gasteiger partial charge < -0.3 is 19.3 Å². The van der Waals surface area contributed by atoms with Crippen molar-refractivity contribution in [3.8, 4) is 11.5 Å². The van der Waals surface area contributed by atoms with Gasteiger partial charge in [0.2, 0.25) is 5.91 Å². The first-order valence-corrected chi connectivity index (χ1v) is 10.1. The number of fused-ring (bicyclic) bond motifs is 1. The summed E-state index contributed by atoms with van der Waals surface area (Å²) in [6.07, 6.45) is 5.65. The molecule has 27 heavy (non-hydrogen) atoms. The molecular weight excluding hydrogens is 344 g/mol. The van der Waals surface area contributed by atoms with Gasteiger partial charge in [0.05, 0.1) is 0 Å². The Morgan fingerprint density at radius 1 is 1.07 bits per heavy atom. The molecule has 3 aliphatic heterocycles. The van der Waals surface area contributed by atoms with E-state index < -0.39 is 5.54 Å². The van der Waals surface area contributed by atoms with E-state index in [9.17, 15) is 9.59 Å². The van der Waals surface area contributed by atoms with Crippen LogP contribution in [0.5, 0.6) is 11.5 Å². The maximum absolute atomic E-state index is 13.5. The summed E-state index contributed by atoms with van der Waals surface area (Å²) in [5, 5.41) is 0. The maximum atomic E-state index is 13.5. The number of aryl methyl sites for hydroxylation is 1. The Labute approximate surface area is 159 Å². The number of hydrogen-bond donors (Lipinski definition) is 0. The monoisotopic (exact) mass is 370 g/mol. The lowest BCUT2D eigenvalue weighted by molar-refractivity contribution is -0.146. The van der Waals surface area contributed by atoms with Gasteiger partial charge in [-0.1, -0.05) is 0 Å². The lowest BCUT2D eigenvalue weighted by Gasteiger charge is -2.45. The number of carbonyl (C=O) groups excluding carboxylic acids is 2. The van der Waals surface area contributed by atoms with Crippen molar-refractivity contribution in [2.45, 2.75) is 57.0 Å². The van der Waals surface area contributed by atoms with Crippen molar-refractivity contribution >= 4 is 11.8 Å². The van der Waals surface area contributed by atoms with Crippen LogP contribution in [-0.2, 0) is 4.79 Å². The van der Waals surface area contributed by atoms with E-state index in [4.69, 9.17) is 9.47 Å². The van der Waals surface area contributed by atoms with E-state index in [1.807, 2.05) is 22.8 Å². The Morgan fingerprint density at radius 3 is 2.44 bits per heavy atom. The molecule has 1 unspecified atom stereocenters. The van der Waals surface area contributed by atoms with Crippen molar-refractivity contribution in [2.24, 2.45) is 0 Å². The van der Waals surface area contributed by atoms with Crippen LogP contribution in [0.1, 0.15) is 54.4 Å².